The number of aliphatic hydroxyl groups is 1. The highest BCUT2D eigenvalue weighted by Gasteiger charge is 2.30. The monoisotopic (exact) mass is 1420 g/mol. The van der Waals surface area contributed by atoms with E-state index in [-0.39, 0.29) is 25.7 Å². The number of carbonyl (C=O) groups excluding carboxylic acids is 4. The van der Waals surface area contributed by atoms with E-state index in [0.717, 1.165) is 173 Å². The number of hydrogen-bond donors (Lipinski definition) is 3. The molecule has 17 nitrogen and oxygen atoms in total. The lowest BCUT2D eigenvalue weighted by atomic mass is 10.0. The lowest BCUT2D eigenvalue weighted by Crippen LogP contribution is -2.30. The minimum Gasteiger partial charge on any atom is -0.462 e. The Bertz CT molecular complexity index is 2140. The maximum Gasteiger partial charge on any atom is 0.472 e. The molecule has 0 bridgehead atoms. The fraction of sp³-hybridized carbons (Fsp3) is 0.797. The van der Waals surface area contributed by atoms with E-state index in [4.69, 9.17) is 37.0 Å². The van der Waals surface area contributed by atoms with Gasteiger partial charge >= 0.3 is 39.5 Å². The van der Waals surface area contributed by atoms with Crippen molar-refractivity contribution < 1.29 is 80.2 Å². The zero-order valence-corrected chi connectivity index (χ0v) is 64.0. The molecule has 19 heteroatoms. The molecule has 0 fully saturated rings. The van der Waals surface area contributed by atoms with Crippen LogP contribution in [0.25, 0.3) is 0 Å². The quantitative estimate of drug-likeness (QED) is 0.0169. The van der Waals surface area contributed by atoms with Crippen LogP contribution in [0.1, 0.15) is 349 Å². The molecule has 0 aromatic carbocycles. The van der Waals surface area contributed by atoms with Gasteiger partial charge in [-0.25, -0.2) is 9.13 Å². The highest BCUT2D eigenvalue weighted by atomic mass is 31.2. The van der Waals surface area contributed by atoms with Crippen molar-refractivity contribution >= 4 is 39.5 Å². The van der Waals surface area contributed by atoms with Gasteiger partial charge in [0.25, 0.3) is 0 Å². The Labute approximate surface area is 596 Å². The van der Waals surface area contributed by atoms with Crippen molar-refractivity contribution in [1.82, 2.24) is 0 Å². The van der Waals surface area contributed by atoms with Crippen molar-refractivity contribution in [3.63, 3.8) is 0 Å². The molecule has 0 aliphatic carbocycles. The first-order chi connectivity index (χ1) is 47.7. The Kier molecular flexibility index (Phi) is 69.3. The van der Waals surface area contributed by atoms with Gasteiger partial charge in [0.1, 0.15) is 19.3 Å². The van der Waals surface area contributed by atoms with Gasteiger partial charge in [0.05, 0.1) is 26.4 Å². The molecular formula is C79H142O17P2. The molecule has 0 saturated heterocycles. The number of rotatable bonds is 74. The third-order valence-electron chi connectivity index (χ3n) is 16.6. The summed E-state index contributed by atoms with van der Waals surface area (Å²) in [6, 6.07) is 0. The van der Waals surface area contributed by atoms with Crippen LogP contribution in [-0.4, -0.2) is 96.7 Å². The van der Waals surface area contributed by atoms with Gasteiger partial charge in [-0.2, -0.15) is 0 Å². The molecule has 0 aromatic heterocycles. The second kappa shape index (κ2) is 71.9. The second-order valence-corrected chi connectivity index (χ2v) is 29.2. The molecule has 0 spiro atoms. The highest BCUT2D eigenvalue weighted by molar-refractivity contribution is 7.47. The summed E-state index contributed by atoms with van der Waals surface area (Å²) in [7, 11) is -9.95. The topological polar surface area (TPSA) is 237 Å². The van der Waals surface area contributed by atoms with Crippen LogP contribution < -0.4 is 0 Å². The number of allylic oxidation sites excluding steroid dienone is 12. The lowest BCUT2D eigenvalue weighted by Gasteiger charge is -2.21. The van der Waals surface area contributed by atoms with Crippen LogP contribution >= 0.6 is 15.6 Å². The van der Waals surface area contributed by atoms with E-state index in [1.165, 1.54) is 96.3 Å². The number of phosphoric acid groups is 2. The number of carbonyl (C=O) groups is 4. The number of ether oxygens (including phenoxy) is 4. The van der Waals surface area contributed by atoms with Gasteiger partial charge in [-0.3, -0.25) is 37.3 Å². The van der Waals surface area contributed by atoms with Crippen LogP contribution in [0.2, 0.25) is 0 Å². The fourth-order valence-electron chi connectivity index (χ4n) is 10.7. The van der Waals surface area contributed by atoms with Crippen LogP contribution in [0.5, 0.6) is 0 Å². The van der Waals surface area contributed by atoms with Crippen molar-refractivity contribution in [3.8, 4) is 0 Å². The molecule has 98 heavy (non-hydrogen) atoms. The summed E-state index contributed by atoms with van der Waals surface area (Å²) in [4.78, 5) is 72.9. The summed E-state index contributed by atoms with van der Waals surface area (Å²) in [6.45, 7) is 4.70. The van der Waals surface area contributed by atoms with Crippen molar-refractivity contribution in [2.24, 2.45) is 0 Å². The summed E-state index contributed by atoms with van der Waals surface area (Å²) in [6.07, 6.45) is 71.7. The van der Waals surface area contributed by atoms with Gasteiger partial charge in [-0.1, -0.05) is 287 Å². The minimum atomic E-state index is -4.97. The molecule has 0 aliphatic rings. The molecule has 5 unspecified atom stereocenters. The Hall–Kier alpha value is -3.50. The molecule has 570 valence electrons. The first kappa shape index (κ1) is 94.5. The minimum absolute atomic E-state index is 0.0829. The predicted octanol–water partition coefficient (Wildman–Crippen LogP) is 22.4. The van der Waals surface area contributed by atoms with Crippen LogP contribution in [0.3, 0.4) is 0 Å². The maximum atomic E-state index is 13.1. The first-order valence-electron chi connectivity index (χ1n) is 39.2. The Morgan fingerprint density at radius 2 is 0.551 bits per heavy atom. The number of esters is 4. The van der Waals surface area contributed by atoms with Crippen molar-refractivity contribution in [3.05, 3.63) is 72.9 Å². The average Bonchev–Trinajstić information content (AvgIpc) is 0.969. The van der Waals surface area contributed by atoms with Crippen molar-refractivity contribution in [1.29, 1.82) is 0 Å². The summed E-state index contributed by atoms with van der Waals surface area (Å²) in [5, 5.41) is 10.6. The number of unbranched alkanes of at least 4 members (excludes halogenated alkanes) is 36. The van der Waals surface area contributed by atoms with E-state index in [1.807, 2.05) is 0 Å². The van der Waals surface area contributed by atoms with E-state index in [0.29, 0.717) is 25.7 Å². The fourth-order valence-corrected chi connectivity index (χ4v) is 12.3. The van der Waals surface area contributed by atoms with Gasteiger partial charge in [0, 0.05) is 25.7 Å². The van der Waals surface area contributed by atoms with Crippen LogP contribution in [0.15, 0.2) is 72.9 Å². The van der Waals surface area contributed by atoms with E-state index in [1.54, 1.807) is 0 Å². The zero-order chi connectivity index (χ0) is 71.8. The van der Waals surface area contributed by atoms with Gasteiger partial charge in [-0.05, 0) is 109 Å². The summed E-state index contributed by atoms with van der Waals surface area (Å²) < 4.78 is 68.5. The molecule has 0 radical (unpaired) electrons. The Balaban J connectivity index is 5.32. The second-order valence-electron chi connectivity index (χ2n) is 26.3. The van der Waals surface area contributed by atoms with E-state index >= 15 is 0 Å². The molecule has 0 aromatic rings. The number of hydrogen-bond acceptors (Lipinski definition) is 15. The molecule has 0 rings (SSSR count). The van der Waals surface area contributed by atoms with E-state index < -0.39 is 97.5 Å². The largest absolute Gasteiger partial charge is 0.472 e. The number of phosphoric ester groups is 2. The molecular weight excluding hydrogens is 1280 g/mol. The Morgan fingerprint density at radius 1 is 0.296 bits per heavy atom. The standard InChI is InChI=1S/C79H142O17P2/c1-5-9-13-17-21-25-29-33-35-36-38-42-44-48-52-56-60-64-77(82)90-70-75(96-79(84)66-62-58-54-50-46-40-32-28-24-20-16-12-8-4)72-94-98(87,88)92-68-73(80)67-91-97(85,86)93-71-74(95-78(83)65-61-57-53-49-45-39-31-27-23-19-15-11-7-3)69-89-76(81)63-59-55-51-47-43-41-37-34-30-26-22-18-14-10-6-2/h9,13,15,19,21,25,27-28,31-33,35,73-75,80H,5-8,10-12,14,16-18,20,22-24,26,29-30,34,36-72H2,1-4H3,(H,85,86)(H,87,88)/b13-9-,19-15-,25-21-,31-27-,32-28-,35-33-. The number of aliphatic hydroxyl groups excluding tert-OH is 1. The third kappa shape index (κ3) is 70.9. The summed E-state index contributed by atoms with van der Waals surface area (Å²) in [5.41, 5.74) is 0. The van der Waals surface area contributed by atoms with E-state index in [2.05, 4.69) is 101 Å². The predicted molar refractivity (Wildman–Crippen MR) is 400 cm³/mol. The van der Waals surface area contributed by atoms with Gasteiger partial charge in [-0.15, -0.1) is 0 Å². The van der Waals surface area contributed by atoms with Crippen LogP contribution in [0.4, 0.5) is 0 Å². The SMILES string of the molecule is CC/C=C\C/C=C\C/C=C\CCCCCCCCCC(=O)OCC(COP(=O)(O)OCC(O)COP(=O)(O)OCC(COC(=O)CCCCCCCCCCCCCCCCC)OC(=O)CCCCCCC/C=C\C/C=C\CCC)OC(=O)CCCCCCC/C=C\CCCCCC. The first-order valence-corrected chi connectivity index (χ1v) is 42.2. The van der Waals surface area contributed by atoms with Crippen LogP contribution in [0, 0.1) is 0 Å². The molecule has 5 atom stereocenters. The van der Waals surface area contributed by atoms with Gasteiger partial charge < -0.3 is 33.8 Å². The summed E-state index contributed by atoms with van der Waals surface area (Å²) >= 11 is 0. The molecule has 0 saturated carbocycles. The zero-order valence-electron chi connectivity index (χ0n) is 62.2. The lowest BCUT2D eigenvalue weighted by molar-refractivity contribution is -0.161. The van der Waals surface area contributed by atoms with Crippen molar-refractivity contribution in [2.45, 2.75) is 367 Å². The average molecular weight is 1430 g/mol. The molecule has 3 N–H and O–H groups in total. The summed E-state index contributed by atoms with van der Waals surface area (Å²) in [5.74, 6) is -2.18. The van der Waals surface area contributed by atoms with Crippen LogP contribution in [-0.2, 0) is 65.4 Å². The van der Waals surface area contributed by atoms with Crippen molar-refractivity contribution in [2.75, 3.05) is 39.6 Å². The smallest absolute Gasteiger partial charge is 0.462 e. The highest BCUT2D eigenvalue weighted by Crippen LogP contribution is 2.45. The van der Waals surface area contributed by atoms with E-state index in [9.17, 15) is 43.2 Å². The molecule has 0 amide bonds. The third-order valence-corrected chi connectivity index (χ3v) is 18.5. The Morgan fingerprint density at radius 3 is 0.878 bits per heavy atom. The molecule has 0 aliphatic heterocycles. The molecule has 0 heterocycles. The maximum absolute atomic E-state index is 13.1. The van der Waals surface area contributed by atoms with Gasteiger partial charge in [0.2, 0.25) is 0 Å². The normalized spacial score (nSPS) is 14.3. The van der Waals surface area contributed by atoms with Gasteiger partial charge in [0.15, 0.2) is 12.2 Å².